The first-order valence-electron chi connectivity index (χ1n) is 4.63. The maximum Gasteiger partial charge on any atom is 0.309 e. The zero-order valence-corrected chi connectivity index (χ0v) is 8.79. The van der Waals surface area contributed by atoms with Gasteiger partial charge in [-0.25, -0.2) is 4.39 Å². The minimum Gasteiger partial charge on any atom is -0.469 e. The Hall–Kier alpha value is -1.64. The first-order valence-corrected chi connectivity index (χ1v) is 4.63. The number of carbonyl (C=O) groups excluding carboxylic acids is 1. The molecule has 2 nitrogen and oxygen atoms in total. The highest BCUT2D eigenvalue weighted by molar-refractivity contribution is 5.72. The van der Waals surface area contributed by atoms with E-state index >= 15 is 0 Å². The van der Waals surface area contributed by atoms with Crippen LogP contribution in [0.4, 0.5) is 4.39 Å². The van der Waals surface area contributed by atoms with Gasteiger partial charge in [0.05, 0.1) is 13.5 Å². The number of esters is 1. The molecule has 1 rings (SSSR count). The van der Waals surface area contributed by atoms with Gasteiger partial charge in [0, 0.05) is 5.56 Å². The van der Waals surface area contributed by atoms with E-state index in [1.807, 2.05) is 13.0 Å². The zero-order chi connectivity index (χ0) is 11.3. The first kappa shape index (κ1) is 11.4. The third-order valence-electron chi connectivity index (χ3n) is 2.07. The molecule has 0 saturated carbocycles. The quantitative estimate of drug-likeness (QED) is 0.714. The van der Waals surface area contributed by atoms with E-state index in [0.29, 0.717) is 5.56 Å². The second-order valence-corrected chi connectivity index (χ2v) is 3.15. The van der Waals surface area contributed by atoms with Crippen LogP contribution in [-0.4, -0.2) is 13.1 Å². The van der Waals surface area contributed by atoms with Crippen molar-refractivity contribution in [3.63, 3.8) is 0 Å². The van der Waals surface area contributed by atoms with Crippen LogP contribution in [0.15, 0.2) is 24.3 Å². The van der Waals surface area contributed by atoms with Crippen molar-refractivity contribution in [2.75, 3.05) is 7.11 Å². The Kier molecular flexibility index (Phi) is 4.03. The van der Waals surface area contributed by atoms with Crippen LogP contribution in [0.25, 0.3) is 6.08 Å². The number of aryl methyl sites for hydroxylation is 1. The van der Waals surface area contributed by atoms with Gasteiger partial charge in [0.2, 0.25) is 0 Å². The monoisotopic (exact) mass is 208 g/mol. The molecule has 0 aliphatic carbocycles. The third kappa shape index (κ3) is 3.20. The average Bonchev–Trinajstić information content (AvgIpc) is 2.22. The van der Waals surface area contributed by atoms with E-state index < -0.39 is 0 Å². The number of carbonyl (C=O) groups is 1. The summed E-state index contributed by atoms with van der Waals surface area (Å²) in [4.78, 5) is 10.8. The normalized spacial score (nSPS) is 10.6. The molecule has 0 aromatic heterocycles. The van der Waals surface area contributed by atoms with Crippen molar-refractivity contribution in [1.29, 1.82) is 0 Å². The first-order chi connectivity index (χ1) is 7.15. The van der Waals surface area contributed by atoms with E-state index in [0.717, 1.165) is 5.56 Å². The molecule has 0 radical (unpaired) electrons. The molecule has 0 bridgehead atoms. The number of rotatable bonds is 3. The van der Waals surface area contributed by atoms with Crippen molar-refractivity contribution in [1.82, 2.24) is 0 Å². The molecule has 0 heterocycles. The second kappa shape index (κ2) is 5.29. The zero-order valence-electron chi connectivity index (χ0n) is 8.79. The van der Waals surface area contributed by atoms with E-state index in [9.17, 15) is 9.18 Å². The largest absolute Gasteiger partial charge is 0.469 e. The molecule has 0 unspecified atom stereocenters. The number of hydrogen-bond acceptors (Lipinski definition) is 2. The van der Waals surface area contributed by atoms with Crippen LogP contribution in [-0.2, 0) is 9.53 Å². The highest BCUT2D eigenvalue weighted by Crippen LogP contribution is 2.14. The second-order valence-electron chi connectivity index (χ2n) is 3.15. The molecular weight excluding hydrogens is 195 g/mol. The van der Waals surface area contributed by atoms with Crippen molar-refractivity contribution in [2.24, 2.45) is 0 Å². The van der Waals surface area contributed by atoms with Crippen LogP contribution in [0.2, 0.25) is 0 Å². The van der Waals surface area contributed by atoms with E-state index in [1.54, 1.807) is 18.2 Å². The van der Waals surface area contributed by atoms with Crippen LogP contribution >= 0.6 is 0 Å². The van der Waals surface area contributed by atoms with Crippen molar-refractivity contribution >= 4 is 12.0 Å². The van der Waals surface area contributed by atoms with Gasteiger partial charge in [-0.2, -0.15) is 0 Å². The fourth-order valence-corrected chi connectivity index (χ4v) is 1.21. The summed E-state index contributed by atoms with van der Waals surface area (Å²) in [5, 5.41) is 0. The van der Waals surface area contributed by atoms with Gasteiger partial charge in [-0.15, -0.1) is 0 Å². The molecule has 15 heavy (non-hydrogen) atoms. The van der Waals surface area contributed by atoms with Crippen LogP contribution in [0.1, 0.15) is 17.5 Å². The van der Waals surface area contributed by atoms with Gasteiger partial charge >= 0.3 is 5.97 Å². The SMILES string of the molecule is COC(=O)CC=Cc1c(C)cccc1F. The maximum atomic E-state index is 13.3. The molecule has 0 fully saturated rings. The van der Waals surface area contributed by atoms with E-state index in [4.69, 9.17) is 0 Å². The Balaban J connectivity index is 2.76. The molecule has 3 heteroatoms. The lowest BCUT2D eigenvalue weighted by Crippen LogP contribution is -1.96. The molecule has 0 aliphatic rings. The Labute approximate surface area is 88.4 Å². The fourth-order valence-electron chi connectivity index (χ4n) is 1.21. The summed E-state index contributed by atoms with van der Waals surface area (Å²) in [6, 6.07) is 4.87. The number of halogens is 1. The van der Waals surface area contributed by atoms with Crippen molar-refractivity contribution in [2.45, 2.75) is 13.3 Å². The Morgan fingerprint density at radius 3 is 2.87 bits per heavy atom. The molecule has 80 valence electrons. The molecule has 0 aliphatic heterocycles. The molecule has 1 aromatic carbocycles. The molecular formula is C12H13FO2. The summed E-state index contributed by atoms with van der Waals surface area (Å²) in [6.45, 7) is 1.82. The maximum absolute atomic E-state index is 13.3. The van der Waals surface area contributed by atoms with E-state index in [2.05, 4.69) is 4.74 Å². The summed E-state index contributed by atoms with van der Waals surface area (Å²) >= 11 is 0. The summed E-state index contributed by atoms with van der Waals surface area (Å²) in [5.74, 6) is -0.614. The molecule has 0 atom stereocenters. The minimum absolute atomic E-state index is 0.157. The summed E-state index contributed by atoms with van der Waals surface area (Å²) < 4.78 is 17.8. The molecule has 0 amide bonds. The molecule has 0 N–H and O–H groups in total. The topological polar surface area (TPSA) is 26.3 Å². The van der Waals surface area contributed by atoms with Crippen LogP contribution in [0.5, 0.6) is 0 Å². The lowest BCUT2D eigenvalue weighted by atomic mass is 10.1. The molecule has 0 saturated heterocycles. The molecule has 0 spiro atoms. The Morgan fingerprint density at radius 1 is 1.53 bits per heavy atom. The number of benzene rings is 1. The van der Waals surface area contributed by atoms with Gasteiger partial charge in [0.15, 0.2) is 0 Å². The van der Waals surface area contributed by atoms with Gasteiger partial charge < -0.3 is 4.74 Å². The van der Waals surface area contributed by atoms with Crippen LogP contribution < -0.4 is 0 Å². The van der Waals surface area contributed by atoms with Crippen LogP contribution in [0, 0.1) is 12.7 Å². The number of methoxy groups -OCH3 is 1. The third-order valence-corrected chi connectivity index (χ3v) is 2.07. The van der Waals surface area contributed by atoms with E-state index in [-0.39, 0.29) is 18.2 Å². The van der Waals surface area contributed by atoms with Gasteiger partial charge in [-0.1, -0.05) is 24.3 Å². The summed E-state index contributed by atoms with van der Waals surface area (Å²) in [5.41, 5.74) is 1.36. The van der Waals surface area contributed by atoms with E-state index in [1.165, 1.54) is 13.2 Å². The number of hydrogen-bond donors (Lipinski definition) is 0. The van der Waals surface area contributed by atoms with Crippen molar-refractivity contribution < 1.29 is 13.9 Å². The van der Waals surface area contributed by atoms with Gasteiger partial charge in [-0.3, -0.25) is 4.79 Å². The lowest BCUT2D eigenvalue weighted by Gasteiger charge is -2.00. The van der Waals surface area contributed by atoms with Crippen molar-refractivity contribution in [3.8, 4) is 0 Å². The van der Waals surface area contributed by atoms with Gasteiger partial charge in [0.1, 0.15) is 5.82 Å². The Morgan fingerprint density at radius 2 is 2.27 bits per heavy atom. The van der Waals surface area contributed by atoms with Gasteiger partial charge in [-0.05, 0) is 18.6 Å². The summed E-state index contributed by atoms with van der Waals surface area (Å²) in [6.07, 6.45) is 3.35. The van der Waals surface area contributed by atoms with Crippen LogP contribution in [0.3, 0.4) is 0 Å². The smallest absolute Gasteiger partial charge is 0.309 e. The average molecular weight is 208 g/mol. The van der Waals surface area contributed by atoms with Crippen molar-refractivity contribution in [3.05, 3.63) is 41.2 Å². The van der Waals surface area contributed by atoms with Gasteiger partial charge in [0.25, 0.3) is 0 Å². The lowest BCUT2D eigenvalue weighted by molar-refractivity contribution is -0.139. The predicted octanol–water partition coefficient (Wildman–Crippen LogP) is 2.71. The Bertz CT molecular complexity index is 363. The summed E-state index contributed by atoms with van der Waals surface area (Å²) in [7, 11) is 1.32. The minimum atomic E-state index is -0.333. The highest BCUT2D eigenvalue weighted by Gasteiger charge is 2.01. The fraction of sp³-hybridized carbons (Fsp3) is 0.250. The molecule has 1 aromatic rings. The number of ether oxygens (including phenoxy) is 1. The standard InChI is InChI=1S/C12H13FO2/c1-9-5-3-7-11(13)10(9)6-4-8-12(14)15-2/h3-7H,8H2,1-2H3. The predicted molar refractivity (Wildman–Crippen MR) is 56.8 cm³/mol. The highest BCUT2D eigenvalue weighted by atomic mass is 19.1.